The third-order valence-corrected chi connectivity index (χ3v) is 3.41. The van der Waals surface area contributed by atoms with Gasteiger partial charge in [-0.2, -0.15) is 0 Å². The van der Waals surface area contributed by atoms with Gasteiger partial charge in [0, 0.05) is 18.6 Å². The van der Waals surface area contributed by atoms with Gasteiger partial charge in [-0.1, -0.05) is 6.92 Å². The fourth-order valence-electron chi connectivity index (χ4n) is 2.46. The summed E-state index contributed by atoms with van der Waals surface area (Å²) in [6, 6.07) is 1.43. The highest BCUT2D eigenvalue weighted by Gasteiger charge is 2.23. The minimum atomic E-state index is 0.291. The highest BCUT2D eigenvalue weighted by molar-refractivity contribution is 4.81. The zero-order chi connectivity index (χ0) is 10.4. The molecule has 0 saturated heterocycles. The quantitative estimate of drug-likeness (QED) is 0.690. The average Bonchev–Trinajstić information content (AvgIpc) is 2.26. The van der Waals surface area contributed by atoms with Crippen molar-refractivity contribution in [1.29, 1.82) is 0 Å². The van der Waals surface area contributed by atoms with Gasteiger partial charge in [0.25, 0.3) is 0 Å². The molecule has 0 aromatic heterocycles. The van der Waals surface area contributed by atoms with Gasteiger partial charge < -0.3 is 10.4 Å². The van der Waals surface area contributed by atoms with Crippen molar-refractivity contribution >= 4 is 0 Å². The Morgan fingerprint density at radius 3 is 2.36 bits per heavy atom. The van der Waals surface area contributed by atoms with Gasteiger partial charge in [0.05, 0.1) is 6.61 Å². The van der Waals surface area contributed by atoms with E-state index in [0.717, 1.165) is 19.1 Å². The lowest BCUT2D eigenvalue weighted by atomic mass is 9.90. The third-order valence-electron chi connectivity index (χ3n) is 3.41. The van der Waals surface area contributed by atoms with Gasteiger partial charge >= 0.3 is 0 Å². The fraction of sp³-hybridized carbons (Fsp3) is 1.00. The van der Waals surface area contributed by atoms with E-state index in [1.807, 2.05) is 0 Å². The van der Waals surface area contributed by atoms with Gasteiger partial charge in [-0.3, -0.25) is 4.90 Å². The molecule has 0 aliphatic heterocycles. The molecule has 84 valence electrons. The first-order chi connectivity index (χ1) is 6.81. The lowest BCUT2D eigenvalue weighted by Crippen LogP contribution is -2.42. The monoisotopic (exact) mass is 200 g/mol. The van der Waals surface area contributed by atoms with E-state index in [4.69, 9.17) is 5.11 Å². The SMILES string of the molecule is CCN(CCO)C1CCC(NC)CC1. The van der Waals surface area contributed by atoms with E-state index in [9.17, 15) is 0 Å². The Labute approximate surface area is 87.5 Å². The Bertz CT molecular complexity index is 144. The first-order valence-corrected chi connectivity index (χ1v) is 5.84. The number of aliphatic hydroxyl groups is 1. The Kier molecular flexibility index (Phi) is 5.45. The standard InChI is InChI=1S/C11H24N2O/c1-3-13(8-9-14)11-6-4-10(12-2)5-7-11/h10-12,14H,3-9H2,1-2H3. The molecule has 0 aromatic rings. The summed E-state index contributed by atoms with van der Waals surface area (Å²) in [5, 5.41) is 12.3. The lowest BCUT2D eigenvalue weighted by Gasteiger charge is -2.36. The molecular weight excluding hydrogens is 176 g/mol. The van der Waals surface area contributed by atoms with Crippen molar-refractivity contribution in [2.24, 2.45) is 0 Å². The summed E-state index contributed by atoms with van der Waals surface area (Å²) in [7, 11) is 2.05. The second-order valence-electron chi connectivity index (χ2n) is 4.15. The molecule has 3 nitrogen and oxygen atoms in total. The van der Waals surface area contributed by atoms with Crippen LogP contribution in [0.3, 0.4) is 0 Å². The van der Waals surface area contributed by atoms with Crippen molar-refractivity contribution in [2.75, 3.05) is 26.7 Å². The zero-order valence-corrected chi connectivity index (χ0v) is 9.50. The van der Waals surface area contributed by atoms with Crippen LogP contribution in [-0.4, -0.2) is 48.8 Å². The summed E-state index contributed by atoms with van der Waals surface area (Å²) in [6.07, 6.45) is 5.12. The molecule has 2 N–H and O–H groups in total. The fourth-order valence-corrected chi connectivity index (χ4v) is 2.46. The Morgan fingerprint density at radius 1 is 1.29 bits per heavy atom. The number of hydrogen-bond acceptors (Lipinski definition) is 3. The van der Waals surface area contributed by atoms with Gasteiger partial charge in [-0.05, 0) is 39.3 Å². The van der Waals surface area contributed by atoms with Gasteiger partial charge in [0.15, 0.2) is 0 Å². The molecule has 3 heteroatoms. The number of likely N-dealkylation sites (N-methyl/N-ethyl adjacent to an activating group) is 1. The molecule has 0 atom stereocenters. The second-order valence-corrected chi connectivity index (χ2v) is 4.15. The average molecular weight is 200 g/mol. The first kappa shape index (κ1) is 12.0. The van der Waals surface area contributed by atoms with Crippen LogP contribution in [-0.2, 0) is 0 Å². The zero-order valence-electron chi connectivity index (χ0n) is 9.50. The summed E-state index contributed by atoms with van der Waals surface area (Å²) in [5.41, 5.74) is 0. The molecule has 1 aliphatic rings. The van der Waals surface area contributed by atoms with Crippen LogP contribution in [0.25, 0.3) is 0 Å². The van der Waals surface area contributed by atoms with Gasteiger partial charge in [-0.15, -0.1) is 0 Å². The second kappa shape index (κ2) is 6.38. The number of aliphatic hydroxyl groups excluding tert-OH is 1. The van der Waals surface area contributed by atoms with Crippen LogP contribution in [0.4, 0.5) is 0 Å². The molecule has 0 spiro atoms. The number of nitrogens with one attached hydrogen (secondary N) is 1. The van der Waals surface area contributed by atoms with Crippen LogP contribution in [0.2, 0.25) is 0 Å². The van der Waals surface area contributed by atoms with Crippen LogP contribution >= 0.6 is 0 Å². The Hall–Kier alpha value is -0.120. The summed E-state index contributed by atoms with van der Waals surface area (Å²) in [4.78, 5) is 2.41. The van der Waals surface area contributed by atoms with Crippen molar-refractivity contribution in [1.82, 2.24) is 10.2 Å². The van der Waals surface area contributed by atoms with Gasteiger partial charge in [0.1, 0.15) is 0 Å². The molecule has 0 bridgehead atoms. The summed E-state index contributed by atoms with van der Waals surface area (Å²) in [6.45, 7) is 4.38. The molecule has 0 radical (unpaired) electrons. The predicted molar refractivity (Wildman–Crippen MR) is 59.4 cm³/mol. The van der Waals surface area contributed by atoms with Crippen molar-refractivity contribution in [3.05, 3.63) is 0 Å². The van der Waals surface area contributed by atoms with Crippen LogP contribution in [0.15, 0.2) is 0 Å². The maximum atomic E-state index is 8.94. The van der Waals surface area contributed by atoms with E-state index in [1.165, 1.54) is 25.7 Å². The normalized spacial score (nSPS) is 28.3. The molecule has 0 heterocycles. The van der Waals surface area contributed by atoms with Crippen molar-refractivity contribution < 1.29 is 5.11 Å². The van der Waals surface area contributed by atoms with E-state index in [-0.39, 0.29) is 0 Å². The lowest BCUT2D eigenvalue weighted by molar-refractivity contribution is 0.122. The third kappa shape index (κ3) is 3.23. The largest absolute Gasteiger partial charge is 0.395 e. The smallest absolute Gasteiger partial charge is 0.0558 e. The molecule has 1 saturated carbocycles. The maximum absolute atomic E-state index is 8.94. The Morgan fingerprint density at radius 2 is 1.93 bits per heavy atom. The van der Waals surface area contributed by atoms with E-state index in [0.29, 0.717) is 12.6 Å². The minimum Gasteiger partial charge on any atom is -0.395 e. The van der Waals surface area contributed by atoms with Crippen LogP contribution in [0, 0.1) is 0 Å². The summed E-state index contributed by atoms with van der Waals surface area (Å²) < 4.78 is 0. The number of nitrogens with zero attached hydrogens (tertiary/aromatic N) is 1. The molecule has 0 amide bonds. The first-order valence-electron chi connectivity index (χ1n) is 5.84. The van der Waals surface area contributed by atoms with Crippen molar-refractivity contribution in [3.8, 4) is 0 Å². The van der Waals surface area contributed by atoms with Crippen LogP contribution < -0.4 is 5.32 Å². The van der Waals surface area contributed by atoms with E-state index in [2.05, 4.69) is 24.2 Å². The topological polar surface area (TPSA) is 35.5 Å². The van der Waals surface area contributed by atoms with Crippen molar-refractivity contribution in [2.45, 2.75) is 44.7 Å². The highest BCUT2D eigenvalue weighted by atomic mass is 16.3. The minimum absolute atomic E-state index is 0.291. The maximum Gasteiger partial charge on any atom is 0.0558 e. The molecule has 1 aliphatic carbocycles. The number of hydrogen-bond donors (Lipinski definition) is 2. The van der Waals surface area contributed by atoms with Gasteiger partial charge in [-0.25, -0.2) is 0 Å². The van der Waals surface area contributed by atoms with Crippen molar-refractivity contribution in [3.63, 3.8) is 0 Å². The molecule has 1 fully saturated rings. The van der Waals surface area contributed by atoms with E-state index < -0.39 is 0 Å². The molecule has 14 heavy (non-hydrogen) atoms. The van der Waals surface area contributed by atoms with E-state index >= 15 is 0 Å². The molecule has 0 unspecified atom stereocenters. The predicted octanol–water partition coefficient (Wildman–Crippen LogP) is 0.831. The molecular formula is C11H24N2O. The molecule has 0 aromatic carbocycles. The number of rotatable bonds is 5. The Balaban J connectivity index is 2.31. The highest BCUT2D eigenvalue weighted by Crippen LogP contribution is 2.22. The van der Waals surface area contributed by atoms with E-state index in [1.54, 1.807) is 0 Å². The van der Waals surface area contributed by atoms with Crippen LogP contribution in [0.5, 0.6) is 0 Å². The van der Waals surface area contributed by atoms with Crippen LogP contribution in [0.1, 0.15) is 32.6 Å². The van der Waals surface area contributed by atoms with Gasteiger partial charge in [0.2, 0.25) is 0 Å². The summed E-state index contributed by atoms with van der Waals surface area (Å²) >= 11 is 0. The molecule has 1 rings (SSSR count). The summed E-state index contributed by atoms with van der Waals surface area (Å²) in [5.74, 6) is 0.